The molecule has 8 heteroatoms. The lowest BCUT2D eigenvalue weighted by Gasteiger charge is -2.23. The molecule has 0 aliphatic heterocycles. The summed E-state index contributed by atoms with van der Waals surface area (Å²) in [6.45, 7) is 0.188. The molecule has 202 valence electrons. The fourth-order valence-corrected chi connectivity index (χ4v) is 6.88. The Balaban J connectivity index is 1.39. The van der Waals surface area contributed by atoms with Crippen LogP contribution >= 0.6 is 22.9 Å². The van der Waals surface area contributed by atoms with Crippen molar-refractivity contribution in [3.63, 3.8) is 0 Å². The zero-order valence-electron chi connectivity index (χ0n) is 22.1. The number of carbonyl (C=O) groups excluding carboxylic acids is 1. The lowest BCUT2D eigenvalue weighted by molar-refractivity contribution is 0.0927. The maximum absolute atomic E-state index is 13.5. The lowest BCUT2D eigenvalue weighted by Crippen LogP contribution is -2.36. The molecule has 1 fully saturated rings. The molecule has 0 atom stereocenters. The zero-order chi connectivity index (χ0) is 27.2. The highest BCUT2D eigenvalue weighted by atomic mass is 35.5. The summed E-state index contributed by atoms with van der Waals surface area (Å²) in [5.74, 6) is 0.882. The first kappa shape index (κ1) is 27.2. The summed E-state index contributed by atoms with van der Waals surface area (Å²) in [7, 11) is 1.56. The van der Waals surface area contributed by atoms with E-state index in [9.17, 15) is 10.1 Å². The highest BCUT2D eigenvalue weighted by Crippen LogP contribution is 2.41. The minimum absolute atomic E-state index is 0.00506. The first-order valence-corrected chi connectivity index (χ1v) is 14.7. The summed E-state index contributed by atoms with van der Waals surface area (Å²) >= 11 is 8.24. The molecular formula is C31H32ClN3O3S. The average Bonchev–Trinajstić information content (AvgIpc) is 3.34. The molecule has 0 unspecified atom stereocenters. The van der Waals surface area contributed by atoms with Gasteiger partial charge in [-0.3, -0.25) is 4.79 Å². The second-order valence-electron chi connectivity index (χ2n) is 10.0. The van der Waals surface area contributed by atoms with E-state index in [1.165, 1.54) is 29.7 Å². The summed E-state index contributed by atoms with van der Waals surface area (Å²) in [5, 5.41) is 13.8. The van der Waals surface area contributed by atoms with Crippen LogP contribution in [0.25, 0.3) is 0 Å². The quantitative estimate of drug-likeness (QED) is 0.288. The van der Waals surface area contributed by atoms with Gasteiger partial charge in [0.1, 0.15) is 11.6 Å². The van der Waals surface area contributed by atoms with E-state index in [0.29, 0.717) is 22.1 Å². The van der Waals surface area contributed by atoms with Crippen LogP contribution in [0.5, 0.6) is 11.5 Å². The van der Waals surface area contributed by atoms with Gasteiger partial charge in [0.05, 0.1) is 29.3 Å². The summed E-state index contributed by atoms with van der Waals surface area (Å²) < 4.78 is 11.6. The van der Waals surface area contributed by atoms with Crippen molar-refractivity contribution in [2.24, 2.45) is 4.99 Å². The monoisotopic (exact) mass is 561 g/mol. The Morgan fingerprint density at radius 3 is 2.77 bits per heavy atom. The van der Waals surface area contributed by atoms with E-state index < -0.39 is 0 Å². The molecule has 0 bridgehead atoms. The van der Waals surface area contributed by atoms with E-state index in [0.717, 1.165) is 60.2 Å². The molecule has 1 heterocycles. The predicted octanol–water partition coefficient (Wildman–Crippen LogP) is 7.55. The maximum atomic E-state index is 13.5. The summed E-state index contributed by atoms with van der Waals surface area (Å²) in [6.07, 6.45) is 11.6. The van der Waals surface area contributed by atoms with Crippen LogP contribution in [0.2, 0.25) is 5.02 Å². The summed E-state index contributed by atoms with van der Waals surface area (Å²) in [4.78, 5) is 19.5. The highest BCUT2D eigenvalue weighted by molar-refractivity contribution is 7.16. The van der Waals surface area contributed by atoms with Gasteiger partial charge in [-0.15, -0.1) is 11.3 Å². The SMILES string of the molecule is COc1cc(C=Nc2sc3c(c2C(=O)NC2CCCCC2)CCCC3)cc(Cl)c1OCc1ccccc1C#N. The molecule has 3 aromatic rings. The Labute approximate surface area is 238 Å². The van der Waals surface area contributed by atoms with Crippen molar-refractivity contribution in [3.05, 3.63) is 74.1 Å². The molecule has 1 aromatic heterocycles. The number of thiophene rings is 1. The molecule has 1 saturated carbocycles. The number of nitrogens with one attached hydrogen (secondary N) is 1. The molecule has 39 heavy (non-hydrogen) atoms. The largest absolute Gasteiger partial charge is 0.493 e. The molecule has 2 aromatic carbocycles. The van der Waals surface area contributed by atoms with Crippen LogP contribution in [0.3, 0.4) is 0 Å². The van der Waals surface area contributed by atoms with Gasteiger partial charge in [-0.2, -0.15) is 5.26 Å². The first-order valence-electron chi connectivity index (χ1n) is 13.5. The molecule has 2 aliphatic carbocycles. The molecule has 5 rings (SSSR count). The van der Waals surface area contributed by atoms with E-state index in [2.05, 4.69) is 11.4 Å². The minimum atomic E-state index is 0.00506. The Kier molecular flexibility index (Phi) is 8.85. The van der Waals surface area contributed by atoms with E-state index in [-0.39, 0.29) is 18.6 Å². The first-order chi connectivity index (χ1) is 19.1. The number of aliphatic imine (C=N–C) groups is 1. The molecule has 6 nitrogen and oxygen atoms in total. The van der Waals surface area contributed by atoms with Gasteiger partial charge >= 0.3 is 0 Å². The van der Waals surface area contributed by atoms with Crippen molar-refractivity contribution in [1.29, 1.82) is 5.26 Å². The number of nitriles is 1. The number of hydrogen-bond donors (Lipinski definition) is 1. The topological polar surface area (TPSA) is 83.7 Å². The lowest BCUT2D eigenvalue weighted by atomic mass is 9.93. The minimum Gasteiger partial charge on any atom is -0.493 e. The third-order valence-corrected chi connectivity index (χ3v) is 8.89. The number of rotatable bonds is 8. The van der Waals surface area contributed by atoms with E-state index in [1.54, 1.807) is 36.8 Å². The number of methoxy groups -OCH3 is 1. The molecule has 0 spiro atoms. The van der Waals surface area contributed by atoms with Crippen molar-refractivity contribution in [2.75, 3.05) is 7.11 Å². The number of ether oxygens (including phenoxy) is 2. The van der Waals surface area contributed by atoms with Crippen molar-refractivity contribution >= 4 is 40.1 Å². The molecule has 2 aliphatic rings. The van der Waals surface area contributed by atoms with Crippen LogP contribution in [0.4, 0.5) is 5.00 Å². The van der Waals surface area contributed by atoms with Crippen molar-refractivity contribution in [3.8, 4) is 17.6 Å². The number of benzene rings is 2. The fraction of sp³-hybridized carbons (Fsp3) is 0.387. The smallest absolute Gasteiger partial charge is 0.254 e. The number of amides is 1. The van der Waals surface area contributed by atoms with Gasteiger partial charge in [-0.1, -0.05) is 49.1 Å². The Morgan fingerprint density at radius 2 is 1.97 bits per heavy atom. The van der Waals surface area contributed by atoms with E-state index in [1.807, 2.05) is 24.3 Å². The maximum Gasteiger partial charge on any atom is 0.254 e. The second-order valence-corrected chi connectivity index (χ2v) is 11.5. The Bertz CT molecular complexity index is 1420. The number of fused-ring (bicyclic) bond motifs is 1. The van der Waals surface area contributed by atoms with Crippen LogP contribution in [0.1, 0.15) is 82.4 Å². The van der Waals surface area contributed by atoms with Crippen LogP contribution in [0, 0.1) is 11.3 Å². The zero-order valence-corrected chi connectivity index (χ0v) is 23.7. The van der Waals surface area contributed by atoms with Crippen molar-refractivity contribution in [2.45, 2.75) is 70.4 Å². The van der Waals surface area contributed by atoms with Gasteiger partial charge < -0.3 is 14.8 Å². The number of halogens is 1. The third kappa shape index (κ3) is 6.29. The van der Waals surface area contributed by atoms with E-state index in [4.69, 9.17) is 26.1 Å². The molecular weight excluding hydrogens is 530 g/mol. The van der Waals surface area contributed by atoms with E-state index >= 15 is 0 Å². The Morgan fingerprint density at radius 1 is 1.18 bits per heavy atom. The van der Waals surface area contributed by atoms with Crippen LogP contribution in [-0.2, 0) is 19.4 Å². The van der Waals surface area contributed by atoms with Crippen LogP contribution in [-0.4, -0.2) is 25.3 Å². The number of aryl methyl sites for hydroxylation is 1. The number of hydrogen-bond acceptors (Lipinski definition) is 6. The summed E-state index contributed by atoms with van der Waals surface area (Å²) in [6, 6.07) is 13.3. The second kappa shape index (κ2) is 12.7. The predicted molar refractivity (Wildman–Crippen MR) is 156 cm³/mol. The normalized spacial score (nSPS) is 15.5. The van der Waals surface area contributed by atoms with Gasteiger partial charge in [0, 0.05) is 22.7 Å². The van der Waals surface area contributed by atoms with Gasteiger partial charge in [0.25, 0.3) is 5.91 Å². The Hall–Kier alpha value is -3.34. The number of nitrogens with zero attached hydrogens (tertiary/aromatic N) is 2. The summed E-state index contributed by atoms with van der Waals surface area (Å²) in [5.41, 5.74) is 3.98. The van der Waals surface area contributed by atoms with Crippen LogP contribution < -0.4 is 14.8 Å². The molecule has 0 radical (unpaired) electrons. The average molecular weight is 562 g/mol. The molecule has 0 saturated heterocycles. The van der Waals surface area contributed by atoms with Crippen LogP contribution in [0.15, 0.2) is 41.4 Å². The third-order valence-electron chi connectivity index (χ3n) is 7.41. The molecule has 1 amide bonds. The molecule has 1 N–H and O–H groups in total. The van der Waals surface area contributed by atoms with Gasteiger partial charge in [0.2, 0.25) is 0 Å². The van der Waals surface area contributed by atoms with Crippen molar-refractivity contribution < 1.29 is 14.3 Å². The van der Waals surface area contributed by atoms with Crippen molar-refractivity contribution in [1.82, 2.24) is 5.32 Å². The standard InChI is InChI=1S/C31H32ClN3O3S/c1-37-26-16-20(15-25(32)29(26)38-19-22-10-6-5-9-21(22)17-33)18-34-31-28(24-13-7-8-14-27(24)39-31)30(36)35-23-11-3-2-4-12-23/h5-6,9-10,15-16,18,23H,2-4,7-8,11-14,19H2,1H3,(H,35,36). The fourth-order valence-electron chi connectivity index (χ4n) is 5.37. The van der Waals surface area contributed by atoms with Gasteiger partial charge in [-0.25, -0.2) is 4.99 Å². The number of carbonyl (C=O) groups is 1. The highest BCUT2D eigenvalue weighted by Gasteiger charge is 2.27. The van der Waals surface area contributed by atoms with Gasteiger partial charge in [0.15, 0.2) is 11.5 Å². The van der Waals surface area contributed by atoms with Gasteiger partial charge in [-0.05, 0) is 67.9 Å².